The van der Waals surface area contributed by atoms with E-state index in [1.807, 2.05) is 13.1 Å². The Morgan fingerprint density at radius 2 is 2.45 bits per heavy atom. The van der Waals surface area contributed by atoms with Crippen LogP contribution in [0.1, 0.15) is 18.5 Å². The van der Waals surface area contributed by atoms with Gasteiger partial charge in [0.2, 0.25) is 0 Å². The molecule has 1 aromatic heterocycles. The molecule has 11 heavy (non-hydrogen) atoms. The molecule has 1 N–H and O–H groups in total. The highest BCUT2D eigenvalue weighted by Gasteiger charge is 2.40. The quantitative estimate of drug-likeness (QED) is 0.656. The van der Waals surface area contributed by atoms with Gasteiger partial charge < -0.3 is 5.11 Å². The summed E-state index contributed by atoms with van der Waals surface area (Å²) in [5.74, 6) is 0. The van der Waals surface area contributed by atoms with Gasteiger partial charge in [-0.05, 0) is 19.8 Å². The molecule has 0 atom stereocenters. The third-order valence-corrected chi connectivity index (χ3v) is 1.94. The summed E-state index contributed by atoms with van der Waals surface area (Å²) < 4.78 is 1.70. The highest BCUT2D eigenvalue weighted by molar-refractivity contribution is 4.95. The largest absolute Gasteiger partial charge is 0.388 e. The van der Waals surface area contributed by atoms with E-state index in [0.717, 1.165) is 18.5 Å². The maximum absolute atomic E-state index is 9.50. The normalized spacial score (nSPS) is 20.2. The van der Waals surface area contributed by atoms with Gasteiger partial charge in [0.1, 0.15) is 0 Å². The third-order valence-electron chi connectivity index (χ3n) is 1.94. The van der Waals surface area contributed by atoms with Crippen molar-refractivity contribution in [1.82, 2.24) is 15.0 Å². The SMILES string of the molecule is Cc1cn(CC2(O)CC2)nn1. The number of aryl methyl sites for hydroxylation is 1. The topological polar surface area (TPSA) is 50.9 Å². The van der Waals surface area contributed by atoms with Gasteiger partial charge in [0.25, 0.3) is 0 Å². The van der Waals surface area contributed by atoms with Crippen molar-refractivity contribution in [3.05, 3.63) is 11.9 Å². The van der Waals surface area contributed by atoms with Crippen LogP contribution in [0.15, 0.2) is 6.20 Å². The first kappa shape index (κ1) is 6.79. The van der Waals surface area contributed by atoms with E-state index in [1.165, 1.54) is 0 Å². The van der Waals surface area contributed by atoms with Gasteiger partial charge in [-0.1, -0.05) is 5.21 Å². The average Bonchev–Trinajstić information content (AvgIpc) is 2.49. The molecule has 4 heteroatoms. The molecule has 2 rings (SSSR count). The first-order chi connectivity index (χ1) is 5.18. The van der Waals surface area contributed by atoms with Gasteiger partial charge in [0.05, 0.1) is 17.8 Å². The van der Waals surface area contributed by atoms with Gasteiger partial charge in [-0.2, -0.15) is 0 Å². The molecule has 0 unspecified atom stereocenters. The molecule has 1 aliphatic rings. The van der Waals surface area contributed by atoms with E-state index in [2.05, 4.69) is 10.3 Å². The lowest BCUT2D eigenvalue weighted by Crippen LogP contribution is -2.17. The minimum atomic E-state index is -0.472. The molecule has 0 aliphatic heterocycles. The van der Waals surface area contributed by atoms with Crippen LogP contribution in [0, 0.1) is 6.92 Å². The Labute approximate surface area is 64.8 Å². The Kier molecular flexibility index (Phi) is 1.26. The summed E-state index contributed by atoms with van der Waals surface area (Å²) in [6, 6.07) is 0. The minimum Gasteiger partial charge on any atom is -0.388 e. The van der Waals surface area contributed by atoms with Crippen molar-refractivity contribution >= 4 is 0 Å². The van der Waals surface area contributed by atoms with Crippen LogP contribution in [-0.4, -0.2) is 25.7 Å². The van der Waals surface area contributed by atoms with Gasteiger partial charge in [0, 0.05) is 6.20 Å². The molecule has 0 spiro atoms. The third kappa shape index (κ3) is 1.40. The first-order valence-electron chi connectivity index (χ1n) is 3.77. The summed E-state index contributed by atoms with van der Waals surface area (Å²) in [5, 5.41) is 17.2. The zero-order valence-corrected chi connectivity index (χ0v) is 6.49. The van der Waals surface area contributed by atoms with Crippen LogP contribution in [-0.2, 0) is 6.54 Å². The lowest BCUT2D eigenvalue weighted by molar-refractivity contribution is 0.124. The van der Waals surface area contributed by atoms with Gasteiger partial charge in [-0.3, -0.25) is 0 Å². The van der Waals surface area contributed by atoms with Gasteiger partial charge in [-0.15, -0.1) is 5.10 Å². The van der Waals surface area contributed by atoms with Gasteiger partial charge in [-0.25, -0.2) is 4.68 Å². The molecule has 1 fully saturated rings. The molecule has 0 bridgehead atoms. The van der Waals surface area contributed by atoms with E-state index in [1.54, 1.807) is 4.68 Å². The predicted molar refractivity (Wildman–Crippen MR) is 38.9 cm³/mol. The number of aromatic nitrogens is 3. The number of nitrogens with zero attached hydrogens (tertiary/aromatic N) is 3. The highest BCUT2D eigenvalue weighted by Crippen LogP contribution is 2.36. The van der Waals surface area contributed by atoms with Crippen LogP contribution >= 0.6 is 0 Å². The van der Waals surface area contributed by atoms with Crippen LogP contribution in [0.2, 0.25) is 0 Å². The molecule has 1 heterocycles. The van der Waals surface area contributed by atoms with Crippen LogP contribution in [0.5, 0.6) is 0 Å². The van der Waals surface area contributed by atoms with Crippen molar-refractivity contribution in [3.8, 4) is 0 Å². The number of hydrogen-bond acceptors (Lipinski definition) is 3. The molecule has 1 aliphatic carbocycles. The maximum atomic E-state index is 9.50. The second-order valence-corrected chi connectivity index (χ2v) is 3.28. The summed E-state index contributed by atoms with van der Waals surface area (Å²) in [6.45, 7) is 2.48. The molecule has 0 amide bonds. The molecule has 0 aromatic carbocycles. The first-order valence-corrected chi connectivity index (χ1v) is 3.77. The fourth-order valence-corrected chi connectivity index (χ4v) is 1.08. The van der Waals surface area contributed by atoms with E-state index in [9.17, 15) is 5.11 Å². The van der Waals surface area contributed by atoms with E-state index in [0.29, 0.717) is 6.54 Å². The van der Waals surface area contributed by atoms with Crippen molar-refractivity contribution in [2.24, 2.45) is 0 Å². The fourth-order valence-electron chi connectivity index (χ4n) is 1.08. The van der Waals surface area contributed by atoms with E-state index in [4.69, 9.17) is 0 Å². The average molecular weight is 153 g/mol. The van der Waals surface area contributed by atoms with Crippen LogP contribution < -0.4 is 0 Å². The van der Waals surface area contributed by atoms with Crippen molar-refractivity contribution in [2.45, 2.75) is 31.9 Å². The fraction of sp³-hybridized carbons (Fsp3) is 0.714. The minimum absolute atomic E-state index is 0.472. The Balaban J connectivity index is 2.06. The van der Waals surface area contributed by atoms with E-state index < -0.39 is 5.60 Å². The highest BCUT2D eigenvalue weighted by atomic mass is 16.3. The van der Waals surface area contributed by atoms with Crippen molar-refractivity contribution in [1.29, 1.82) is 0 Å². The zero-order chi connectivity index (χ0) is 7.90. The number of aliphatic hydroxyl groups is 1. The zero-order valence-electron chi connectivity index (χ0n) is 6.49. The molecule has 0 radical (unpaired) electrons. The standard InChI is InChI=1S/C7H11N3O/c1-6-4-10(9-8-6)5-7(11)2-3-7/h4,11H,2-3,5H2,1H3. The van der Waals surface area contributed by atoms with Gasteiger partial charge >= 0.3 is 0 Å². The molecule has 1 aromatic rings. The molecule has 4 nitrogen and oxygen atoms in total. The molecule has 1 saturated carbocycles. The smallest absolute Gasteiger partial charge is 0.0845 e. The lowest BCUT2D eigenvalue weighted by atomic mass is 10.3. The monoisotopic (exact) mass is 153 g/mol. The number of hydrogen-bond donors (Lipinski definition) is 1. The molecular weight excluding hydrogens is 142 g/mol. The molecular formula is C7H11N3O. The van der Waals surface area contributed by atoms with Crippen molar-refractivity contribution in [2.75, 3.05) is 0 Å². The Hall–Kier alpha value is -0.900. The Morgan fingerprint density at radius 1 is 1.73 bits per heavy atom. The van der Waals surface area contributed by atoms with E-state index in [-0.39, 0.29) is 0 Å². The van der Waals surface area contributed by atoms with Crippen molar-refractivity contribution in [3.63, 3.8) is 0 Å². The summed E-state index contributed by atoms with van der Waals surface area (Å²) in [5.41, 5.74) is 0.425. The maximum Gasteiger partial charge on any atom is 0.0845 e. The molecule has 0 saturated heterocycles. The van der Waals surface area contributed by atoms with Crippen LogP contribution in [0.3, 0.4) is 0 Å². The number of rotatable bonds is 2. The van der Waals surface area contributed by atoms with Crippen molar-refractivity contribution < 1.29 is 5.11 Å². The second kappa shape index (κ2) is 2.04. The lowest BCUT2D eigenvalue weighted by Gasteiger charge is -2.04. The summed E-state index contributed by atoms with van der Waals surface area (Å²) in [7, 11) is 0. The summed E-state index contributed by atoms with van der Waals surface area (Å²) in [6.07, 6.45) is 3.63. The predicted octanol–water partition coefficient (Wildman–Crippen LogP) is 0.111. The summed E-state index contributed by atoms with van der Waals surface area (Å²) >= 11 is 0. The Morgan fingerprint density at radius 3 is 2.91 bits per heavy atom. The van der Waals surface area contributed by atoms with Crippen LogP contribution in [0.25, 0.3) is 0 Å². The second-order valence-electron chi connectivity index (χ2n) is 3.28. The summed E-state index contributed by atoms with van der Waals surface area (Å²) in [4.78, 5) is 0. The van der Waals surface area contributed by atoms with Crippen LogP contribution in [0.4, 0.5) is 0 Å². The molecule has 60 valence electrons. The van der Waals surface area contributed by atoms with Gasteiger partial charge in [0.15, 0.2) is 0 Å². The Bertz CT molecular complexity index is 264. The van der Waals surface area contributed by atoms with E-state index >= 15 is 0 Å².